The van der Waals surface area contributed by atoms with Gasteiger partial charge in [0.05, 0.1) is 22.3 Å². The quantitative estimate of drug-likeness (QED) is 0.0708. The normalized spacial score (nSPS) is 16.5. The number of benzene rings is 2. The largest absolute Gasteiger partial charge is 0.506 e. The number of hydrogen-bond acceptors (Lipinski definition) is 7. The highest BCUT2D eigenvalue weighted by molar-refractivity contribution is 6.32. The van der Waals surface area contributed by atoms with Gasteiger partial charge in [0.25, 0.3) is 0 Å². The summed E-state index contributed by atoms with van der Waals surface area (Å²) in [5.74, 6) is -0.917. The molecule has 2 fully saturated rings. The predicted octanol–water partition coefficient (Wildman–Crippen LogP) is 9.97. The Labute approximate surface area is 328 Å². The number of nitrogens with one attached hydrogen (secondary N) is 2. The molecule has 4 N–H and O–H groups in total. The SMILES string of the molecule is Oc1c(Cl)cc(F)cc1CNCCCCCCCCCN1CCC(OC2CCN(CCCCCCCCCNCc3cc(F)cc(Cl)c3O)CC2)CC1. The number of hydrogen-bond donors (Lipinski definition) is 4. The molecule has 2 aromatic carbocycles. The lowest BCUT2D eigenvalue weighted by atomic mass is 10.0. The molecule has 300 valence electrons. The van der Waals surface area contributed by atoms with Gasteiger partial charge in [-0.2, -0.15) is 0 Å². The van der Waals surface area contributed by atoms with Gasteiger partial charge in [-0.3, -0.25) is 0 Å². The first kappa shape index (κ1) is 44.0. The Kier molecular flexibility index (Phi) is 21.1. The van der Waals surface area contributed by atoms with Crippen molar-refractivity contribution in [2.24, 2.45) is 0 Å². The molecule has 0 radical (unpaired) electrons. The van der Waals surface area contributed by atoms with Crippen LogP contribution in [0.5, 0.6) is 11.5 Å². The van der Waals surface area contributed by atoms with E-state index in [9.17, 15) is 19.0 Å². The summed E-state index contributed by atoms with van der Waals surface area (Å²) in [6.07, 6.45) is 22.9. The van der Waals surface area contributed by atoms with Gasteiger partial charge in [0.1, 0.15) is 23.1 Å². The molecule has 11 heteroatoms. The lowest BCUT2D eigenvalue weighted by Crippen LogP contribution is -2.42. The molecule has 0 aliphatic carbocycles. The standard InChI is InChI=1S/C42H66Cl2F2N4O3/c43-39-29-35(45)27-33(41(39)51)31-47-19-11-7-3-1-5-9-13-21-49-23-15-37(16-24-49)53-38-17-25-50(26-18-38)22-14-10-6-2-4-8-12-20-48-32-34-28-36(46)30-40(44)42(34)52/h27-30,37-38,47-48,51-52H,1-26,31-32H2. The fourth-order valence-corrected chi connectivity index (χ4v) is 8.15. The zero-order valence-corrected chi connectivity index (χ0v) is 33.5. The van der Waals surface area contributed by atoms with Crippen LogP contribution in [0.1, 0.15) is 127 Å². The second-order valence-corrected chi connectivity index (χ2v) is 16.1. The molecule has 0 aromatic heterocycles. The van der Waals surface area contributed by atoms with Crippen LogP contribution in [0.4, 0.5) is 8.78 Å². The smallest absolute Gasteiger partial charge is 0.138 e. The molecular formula is C42H66Cl2F2N4O3. The van der Waals surface area contributed by atoms with Gasteiger partial charge < -0.3 is 35.4 Å². The zero-order chi connectivity index (χ0) is 37.7. The van der Waals surface area contributed by atoms with Crippen LogP contribution in [0, 0.1) is 11.6 Å². The predicted molar refractivity (Wildman–Crippen MR) is 214 cm³/mol. The van der Waals surface area contributed by atoms with Gasteiger partial charge in [-0.1, -0.05) is 87.4 Å². The van der Waals surface area contributed by atoms with Crippen molar-refractivity contribution < 1.29 is 23.7 Å². The van der Waals surface area contributed by atoms with Crippen molar-refractivity contribution >= 4 is 23.2 Å². The minimum absolute atomic E-state index is 0.0351. The highest BCUT2D eigenvalue weighted by Gasteiger charge is 2.25. The Morgan fingerprint density at radius 1 is 0.547 bits per heavy atom. The summed E-state index contributed by atoms with van der Waals surface area (Å²) < 4.78 is 33.6. The van der Waals surface area contributed by atoms with E-state index in [1.165, 1.54) is 154 Å². The number of likely N-dealkylation sites (tertiary alicyclic amines) is 2. The number of aromatic hydroxyl groups is 2. The van der Waals surface area contributed by atoms with E-state index < -0.39 is 11.6 Å². The van der Waals surface area contributed by atoms with Crippen molar-refractivity contribution in [3.05, 3.63) is 57.1 Å². The van der Waals surface area contributed by atoms with Crippen molar-refractivity contribution in [3.63, 3.8) is 0 Å². The molecule has 0 amide bonds. The van der Waals surface area contributed by atoms with E-state index >= 15 is 0 Å². The maximum absolute atomic E-state index is 13.5. The monoisotopic (exact) mass is 782 g/mol. The average Bonchev–Trinajstić information content (AvgIpc) is 3.14. The molecule has 4 rings (SSSR count). The van der Waals surface area contributed by atoms with Crippen LogP contribution in [-0.2, 0) is 17.8 Å². The Hall–Kier alpha value is -1.72. The number of nitrogens with zero attached hydrogens (tertiary/aromatic N) is 2. The summed E-state index contributed by atoms with van der Waals surface area (Å²) in [6.45, 7) is 9.66. The van der Waals surface area contributed by atoms with Crippen LogP contribution in [0.15, 0.2) is 24.3 Å². The first-order chi connectivity index (χ1) is 25.8. The number of phenols is 2. The topological polar surface area (TPSA) is 80.2 Å². The Morgan fingerprint density at radius 2 is 0.887 bits per heavy atom. The molecule has 7 nitrogen and oxygen atoms in total. The molecule has 2 heterocycles. The fourth-order valence-electron chi connectivity index (χ4n) is 7.70. The number of piperidine rings is 2. The number of halogens is 4. The second kappa shape index (κ2) is 25.4. The molecule has 2 aliphatic rings. The van der Waals surface area contributed by atoms with Gasteiger partial charge in [-0.25, -0.2) is 8.78 Å². The van der Waals surface area contributed by atoms with Gasteiger partial charge in [0, 0.05) is 50.4 Å². The average molecular weight is 784 g/mol. The summed E-state index contributed by atoms with van der Waals surface area (Å²) in [5, 5.41) is 26.6. The van der Waals surface area contributed by atoms with Crippen LogP contribution in [0.2, 0.25) is 10.0 Å². The molecule has 2 saturated heterocycles. The van der Waals surface area contributed by atoms with Gasteiger partial charge in [-0.15, -0.1) is 0 Å². The Balaban J connectivity index is 0.878. The summed E-state index contributed by atoms with van der Waals surface area (Å²) in [6, 6.07) is 4.93. The van der Waals surface area contributed by atoms with Crippen LogP contribution in [0.25, 0.3) is 0 Å². The van der Waals surface area contributed by atoms with Crippen molar-refractivity contribution in [2.45, 2.75) is 141 Å². The molecule has 0 atom stereocenters. The Bertz CT molecular complexity index is 1210. The van der Waals surface area contributed by atoms with Gasteiger partial charge in [-0.05, 0) is 102 Å². The number of ether oxygens (including phenoxy) is 1. The molecule has 0 spiro atoms. The zero-order valence-electron chi connectivity index (χ0n) is 32.0. The lowest BCUT2D eigenvalue weighted by Gasteiger charge is -2.37. The van der Waals surface area contributed by atoms with Crippen molar-refractivity contribution in [1.29, 1.82) is 0 Å². The minimum atomic E-state index is -0.423. The third-order valence-electron chi connectivity index (χ3n) is 11.0. The molecule has 0 bridgehead atoms. The summed E-state index contributed by atoms with van der Waals surface area (Å²) in [7, 11) is 0. The minimum Gasteiger partial charge on any atom is -0.506 e. The van der Waals surface area contributed by atoms with E-state index in [0.717, 1.165) is 38.1 Å². The highest BCUT2D eigenvalue weighted by atomic mass is 35.5. The molecule has 2 aromatic rings. The van der Waals surface area contributed by atoms with Crippen LogP contribution < -0.4 is 10.6 Å². The van der Waals surface area contributed by atoms with Crippen LogP contribution >= 0.6 is 23.2 Å². The summed E-state index contributed by atoms with van der Waals surface area (Å²) in [4.78, 5) is 5.27. The first-order valence-electron chi connectivity index (χ1n) is 20.6. The van der Waals surface area contributed by atoms with E-state index in [-0.39, 0.29) is 21.5 Å². The molecule has 0 unspecified atom stereocenters. The van der Waals surface area contributed by atoms with Gasteiger partial charge >= 0.3 is 0 Å². The van der Waals surface area contributed by atoms with E-state index in [0.29, 0.717) is 36.4 Å². The second-order valence-electron chi connectivity index (χ2n) is 15.3. The fraction of sp³-hybridized carbons (Fsp3) is 0.714. The first-order valence-corrected chi connectivity index (χ1v) is 21.4. The van der Waals surface area contributed by atoms with Crippen LogP contribution in [-0.4, -0.2) is 84.6 Å². The molecule has 0 saturated carbocycles. The highest BCUT2D eigenvalue weighted by Crippen LogP contribution is 2.29. The van der Waals surface area contributed by atoms with Gasteiger partial charge in [0.2, 0.25) is 0 Å². The van der Waals surface area contributed by atoms with E-state index in [2.05, 4.69) is 20.4 Å². The maximum atomic E-state index is 13.5. The van der Waals surface area contributed by atoms with E-state index in [4.69, 9.17) is 27.9 Å². The third kappa shape index (κ3) is 17.3. The van der Waals surface area contributed by atoms with Gasteiger partial charge in [0.15, 0.2) is 0 Å². The summed E-state index contributed by atoms with van der Waals surface area (Å²) >= 11 is 11.7. The number of unbranched alkanes of at least 4 members (excludes halogenated alkanes) is 12. The van der Waals surface area contributed by atoms with E-state index in [1.807, 2.05) is 0 Å². The molecule has 53 heavy (non-hydrogen) atoms. The summed E-state index contributed by atoms with van der Waals surface area (Å²) in [5.41, 5.74) is 1.01. The Morgan fingerprint density at radius 3 is 1.26 bits per heavy atom. The van der Waals surface area contributed by atoms with Crippen molar-refractivity contribution in [1.82, 2.24) is 20.4 Å². The van der Waals surface area contributed by atoms with Crippen molar-refractivity contribution in [3.8, 4) is 11.5 Å². The lowest BCUT2D eigenvalue weighted by molar-refractivity contribution is -0.0650. The molecular weight excluding hydrogens is 717 g/mol. The van der Waals surface area contributed by atoms with Crippen molar-refractivity contribution in [2.75, 3.05) is 52.4 Å². The maximum Gasteiger partial charge on any atom is 0.138 e. The third-order valence-corrected chi connectivity index (χ3v) is 11.5. The number of rotatable bonds is 26. The van der Waals surface area contributed by atoms with E-state index in [1.54, 1.807) is 0 Å². The van der Waals surface area contributed by atoms with Crippen LogP contribution in [0.3, 0.4) is 0 Å². The number of phenolic OH excluding ortho intramolecular Hbond substituents is 2. The molecule has 2 aliphatic heterocycles.